The number of hydrogen-bond donors (Lipinski definition) is 3. The molecule has 9 heteroatoms. The van der Waals surface area contributed by atoms with E-state index in [1.165, 1.54) is 4.90 Å². The largest absolute Gasteiger partial charge is 0.444 e. The minimum absolute atomic E-state index is 0.128. The first-order valence-electron chi connectivity index (χ1n) is 12.3. The normalized spacial score (nSPS) is 12.7. The van der Waals surface area contributed by atoms with Gasteiger partial charge in [-0.3, -0.25) is 14.4 Å². The number of para-hydroxylation sites is 1. The molecule has 37 heavy (non-hydrogen) atoms. The lowest BCUT2D eigenvalue weighted by molar-refractivity contribution is -0.141. The predicted molar refractivity (Wildman–Crippen MR) is 143 cm³/mol. The molecule has 2 rings (SSSR count). The molecule has 2 atom stereocenters. The van der Waals surface area contributed by atoms with Gasteiger partial charge in [0.05, 0.1) is 6.42 Å². The molecule has 0 aliphatic carbocycles. The lowest BCUT2D eigenvalue weighted by atomic mass is 9.96. The number of nitrogens with two attached hydrogens (primary N) is 1. The fourth-order valence-electron chi connectivity index (χ4n) is 4.01. The summed E-state index contributed by atoms with van der Waals surface area (Å²) in [5.41, 5.74) is 8.52. The molecule has 2 aromatic carbocycles. The summed E-state index contributed by atoms with van der Waals surface area (Å²) in [5, 5.41) is 5.40. The second-order valence-corrected chi connectivity index (χ2v) is 10.1. The van der Waals surface area contributed by atoms with Gasteiger partial charge in [-0.2, -0.15) is 0 Å². The van der Waals surface area contributed by atoms with Gasteiger partial charge >= 0.3 is 6.09 Å². The van der Waals surface area contributed by atoms with Crippen LogP contribution in [-0.4, -0.2) is 46.9 Å². The topological polar surface area (TPSA) is 131 Å². The predicted octanol–water partition coefficient (Wildman–Crippen LogP) is 3.91. The van der Waals surface area contributed by atoms with Crippen LogP contribution >= 0.6 is 0 Å². The summed E-state index contributed by atoms with van der Waals surface area (Å²) in [5.74, 6) is -1.83. The standard InChI is InChI=1S/C28H38N4O5/c1-8-32(26(35)22(16-23(29)33)31-27(36)37-28(5,6)7)24(20-14-13-17(2)15-19(20)4)25(34)30-21-12-10-9-11-18(21)3/h9-15,22,24H,8,16H2,1-7H3,(H2,29,33)(H,30,34)(H,31,36). The van der Waals surface area contributed by atoms with Crippen molar-refractivity contribution in [2.75, 3.05) is 11.9 Å². The van der Waals surface area contributed by atoms with Gasteiger partial charge in [-0.15, -0.1) is 0 Å². The van der Waals surface area contributed by atoms with E-state index in [9.17, 15) is 19.2 Å². The van der Waals surface area contributed by atoms with Gasteiger partial charge in [0, 0.05) is 12.2 Å². The van der Waals surface area contributed by atoms with Crippen molar-refractivity contribution in [2.45, 2.75) is 72.6 Å². The molecule has 9 nitrogen and oxygen atoms in total. The van der Waals surface area contributed by atoms with Crippen molar-refractivity contribution < 1.29 is 23.9 Å². The highest BCUT2D eigenvalue weighted by Crippen LogP contribution is 2.28. The Balaban J connectivity index is 2.52. The number of hydrogen-bond acceptors (Lipinski definition) is 5. The molecule has 0 bridgehead atoms. The lowest BCUT2D eigenvalue weighted by Crippen LogP contribution is -2.53. The van der Waals surface area contributed by atoms with E-state index in [0.717, 1.165) is 16.7 Å². The van der Waals surface area contributed by atoms with Crippen molar-refractivity contribution in [1.82, 2.24) is 10.2 Å². The first kappa shape index (κ1) is 29.4. The molecule has 0 spiro atoms. The van der Waals surface area contributed by atoms with Crippen molar-refractivity contribution >= 4 is 29.5 Å². The van der Waals surface area contributed by atoms with E-state index < -0.39 is 47.9 Å². The molecule has 0 aliphatic heterocycles. The Morgan fingerprint density at radius 1 is 1.00 bits per heavy atom. The second kappa shape index (κ2) is 12.4. The van der Waals surface area contributed by atoms with Crippen LogP contribution in [0.25, 0.3) is 0 Å². The number of benzene rings is 2. The maximum absolute atomic E-state index is 13.8. The van der Waals surface area contributed by atoms with Gasteiger partial charge in [0.15, 0.2) is 0 Å². The van der Waals surface area contributed by atoms with Crippen LogP contribution in [0.5, 0.6) is 0 Å². The highest BCUT2D eigenvalue weighted by atomic mass is 16.6. The van der Waals surface area contributed by atoms with Crippen LogP contribution in [0, 0.1) is 20.8 Å². The smallest absolute Gasteiger partial charge is 0.408 e. The Morgan fingerprint density at radius 2 is 1.65 bits per heavy atom. The first-order valence-corrected chi connectivity index (χ1v) is 12.3. The summed E-state index contributed by atoms with van der Waals surface area (Å²) in [7, 11) is 0. The van der Waals surface area contributed by atoms with Crippen LogP contribution in [0.4, 0.5) is 10.5 Å². The van der Waals surface area contributed by atoms with Crippen molar-refractivity contribution in [1.29, 1.82) is 0 Å². The zero-order chi connectivity index (χ0) is 27.9. The van der Waals surface area contributed by atoms with Gasteiger partial charge in [0.2, 0.25) is 11.8 Å². The third-order valence-corrected chi connectivity index (χ3v) is 5.70. The molecular formula is C28H38N4O5. The number of likely N-dealkylation sites (N-methyl/N-ethyl adjacent to an activating group) is 1. The van der Waals surface area contributed by atoms with Crippen LogP contribution in [0.3, 0.4) is 0 Å². The van der Waals surface area contributed by atoms with Crippen molar-refractivity contribution in [3.05, 3.63) is 64.7 Å². The molecule has 4 amide bonds. The summed E-state index contributed by atoms with van der Waals surface area (Å²) in [6.07, 6.45) is -1.32. The third-order valence-electron chi connectivity index (χ3n) is 5.70. The number of alkyl carbamates (subject to hydrolysis) is 1. The van der Waals surface area contributed by atoms with E-state index in [-0.39, 0.29) is 6.54 Å². The highest BCUT2D eigenvalue weighted by Gasteiger charge is 2.37. The quantitative estimate of drug-likeness (QED) is 0.471. The van der Waals surface area contributed by atoms with Gasteiger partial charge in [-0.25, -0.2) is 4.79 Å². The van der Waals surface area contributed by atoms with Crippen molar-refractivity contribution in [3.8, 4) is 0 Å². The summed E-state index contributed by atoms with van der Waals surface area (Å²) in [4.78, 5) is 53.2. The third kappa shape index (κ3) is 8.34. The number of ether oxygens (including phenoxy) is 1. The van der Waals surface area contributed by atoms with E-state index in [1.54, 1.807) is 33.8 Å². The van der Waals surface area contributed by atoms with E-state index in [4.69, 9.17) is 10.5 Å². The monoisotopic (exact) mass is 510 g/mol. The van der Waals surface area contributed by atoms with E-state index in [2.05, 4.69) is 10.6 Å². The number of anilines is 1. The number of amides is 4. The van der Waals surface area contributed by atoms with Crippen molar-refractivity contribution in [2.24, 2.45) is 5.73 Å². The number of aryl methyl sites for hydroxylation is 3. The molecular weight excluding hydrogens is 472 g/mol. The Bertz CT molecular complexity index is 1160. The lowest BCUT2D eigenvalue weighted by Gasteiger charge is -2.34. The molecule has 0 fully saturated rings. The Hall–Kier alpha value is -3.88. The summed E-state index contributed by atoms with van der Waals surface area (Å²) < 4.78 is 5.28. The second-order valence-electron chi connectivity index (χ2n) is 10.1. The SMILES string of the molecule is CCN(C(=O)C(CC(N)=O)NC(=O)OC(C)(C)C)C(C(=O)Nc1ccccc1C)c1ccc(C)cc1C. The number of carbonyl (C=O) groups excluding carboxylic acids is 4. The Labute approximate surface area is 218 Å². The summed E-state index contributed by atoms with van der Waals surface area (Å²) >= 11 is 0. The molecule has 2 aromatic rings. The highest BCUT2D eigenvalue weighted by molar-refractivity contribution is 6.00. The molecule has 0 aromatic heterocycles. The van der Waals surface area contributed by atoms with Crippen LogP contribution in [0.2, 0.25) is 0 Å². The van der Waals surface area contributed by atoms with Crippen LogP contribution < -0.4 is 16.4 Å². The maximum Gasteiger partial charge on any atom is 0.408 e. The number of nitrogens with one attached hydrogen (secondary N) is 2. The molecule has 0 saturated heterocycles. The molecule has 2 unspecified atom stereocenters. The number of nitrogens with zero attached hydrogens (tertiary/aromatic N) is 1. The van der Waals surface area contributed by atoms with Crippen LogP contribution in [0.1, 0.15) is 62.4 Å². The summed E-state index contributed by atoms with van der Waals surface area (Å²) in [6, 6.07) is 10.6. The minimum atomic E-state index is -1.31. The van der Waals surface area contributed by atoms with Crippen molar-refractivity contribution in [3.63, 3.8) is 0 Å². The van der Waals surface area contributed by atoms with Gasteiger partial charge in [-0.1, -0.05) is 42.0 Å². The number of primary amides is 1. The Morgan fingerprint density at radius 3 is 2.19 bits per heavy atom. The van der Waals surface area contributed by atoms with Crippen LogP contribution in [-0.2, 0) is 19.1 Å². The maximum atomic E-state index is 13.8. The molecule has 0 aliphatic rings. The van der Waals surface area contributed by atoms with Gasteiger partial charge in [-0.05, 0) is 71.2 Å². The molecule has 0 heterocycles. The number of carbonyl (C=O) groups is 4. The molecule has 0 saturated carbocycles. The minimum Gasteiger partial charge on any atom is -0.444 e. The molecule has 4 N–H and O–H groups in total. The fourth-order valence-corrected chi connectivity index (χ4v) is 4.01. The molecule has 0 radical (unpaired) electrons. The first-order chi connectivity index (χ1) is 17.2. The molecule has 200 valence electrons. The van der Waals surface area contributed by atoms with E-state index in [1.807, 2.05) is 57.2 Å². The average Bonchev–Trinajstić information content (AvgIpc) is 2.77. The zero-order valence-corrected chi connectivity index (χ0v) is 22.7. The van der Waals surface area contributed by atoms with Gasteiger partial charge in [0.25, 0.3) is 5.91 Å². The van der Waals surface area contributed by atoms with E-state index in [0.29, 0.717) is 11.3 Å². The zero-order valence-electron chi connectivity index (χ0n) is 22.7. The Kier molecular flexibility index (Phi) is 9.82. The average molecular weight is 511 g/mol. The van der Waals surface area contributed by atoms with Crippen LogP contribution in [0.15, 0.2) is 42.5 Å². The fraction of sp³-hybridized carbons (Fsp3) is 0.429. The summed E-state index contributed by atoms with van der Waals surface area (Å²) in [6.45, 7) is 12.6. The van der Waals surface area contributed by atoms with E-state index >= 15 is 0 Å². The van der Waals surface area contributed by atoms with Gasteiger partial charge < -0.3 is 26.0 Å². The van der Waals surface area contributed by atoms with Gasteiger partial charge in [0.1, 0.15) is 17.7 Å². The number of rotatable bonds is 9.